The van der Waals surface area contributed by atoms with Gasteiger partial charge in [0.05, 0.1) is 12.8 Å². The zero-order valence-electron chi connectivity index (χ0n) is 23.6. The maximum absolute atomic E-state index is 12.8. The first kappa shape index (κ1) is 28.2. The van der Waals surface area contributed by atoms with Gasteiger partial charge in [-0.25, -0.2) is 14.8 Å². The lowest BCUT2D eigenvalue weighted by Crippen LogP contribution is -2.34. The van der Waals surface area contributed by atoms with E-state index in [9.17, 15) is 4.79 Å². The number of nitrogen functional groups attached to an aromatic ring is 1. The molecular formula is C31H36N6O3. The number of nitrogens with one attached hydrogen (secondary N) is 1. The molecule has 1 amide bonds. The molecule has 1 heterocycles. The van der Waals surface area contributed by atoms with E-state index in [2.05, 4.69) is 44.5 Å². The highest BCUT2D eigenvalue weighted by Crippen LogP contribution is 2.35. The molecule has 1 aromatic heterocycles. The monoisotopic (exact) mass is 540 g/mol. The summed E-state index contributed by atoms with van der Waals surface area (Å²) in [7, 11) is 3.19. The molecule has 0 saturated carbocycles. The van der Waals surface area contributed by atoms with Gasteiger partial charge in [0, 0.05) is 25.8 Å². The fraction of sp³-hybridized carbons (Fsp3) is 0.258. The number of aromatic nitrogens is 2. The fourth-order valence-electron chi connectivity index (χ4n) is 4.15. The van der Waals surface area contributed by atoms with Crippen molar-refractivity contribution in [3.63, 3.8) is 0 Å². The molecule has 0 spiro atoms. The predicted molar refractivity (Wildman–Crippen MR) is 160 cm³/mol. The van der Waals surface area contributed by atoms with Gasteiger partial charge >= 0.3 is 6.09 Å². The second kappa shape index (κ2) is 12.4. The van der Waals surface area contributed by atoms with Gasteiger partial charge in [-0.2, -0.15) is 0 Å². The van der Waals surface area contributed by atoms with Gasteiger partial charge in [0.15, 0.2) is 11.6 Å². The average molecular weight is 541 g/mol. The Morgan fingerprint density at radius 2 is 1.52 bits per heavy atom. The number of carbonyl (C=O) groups is 1. The zero-order chi connectivity index (χ0) is 28.7. The van der Waals surface area contributed by atoms with Gasteiger partial charge in [-0.05, 0) is 50.1 Å². The number of carbonyl (C=O) groups excluding carboxylic acids is 1. The number of rotatable bonds is 9. The Morgan fingerprint density at radius 3 is 2.08 bits per heavy atom. The van der Waals surface area contributed by atoms with E-state index >= 15 is 0 Å². The van der Waals surface area contributed by atoms with E-state index in [0.29, 0.717) is 47.5 Å². The molecule has 0 aliphatic heterocycles. The third-order valence-electron chi connectivity index (χ3n) is 6.07. The van der Waals surface area contributed by atoms with E-state index in [1.54, 1.807) is 26.3 Å². The van der Waals surface area contributed by atoms with Crippen LogP contribution in [0.25, 0.3) is 0 Å². The van der Waals surface area contributed by atoms with Crippen LogP contribution in [0.4, 0.5) is 33.5 Å². The normalized spacial score (nSPS) is 11.0. The number of ether oxygens (including phenoxy) is 2. The highest BCUT2D eigenvalue weighted by molar-refractivity contribution is 5.91. The molecule has 0 atom stereocenters. The summed E-state index contributed by atoms with van der Waals surface area (Å²) in [5.41, 5.74) is 9.92. The van der Waals surface area contributed by atoms with Crippen molar-refractivity contribution in [2.75, 3.05) is 35.0 Å². The Kier molecular flexibility index (Phi) is 8.73. The summed E-state index contributed by atoms with van der Waals surface area (Å²) in [6.07, 6.45) is 0.998. The lowest BCUT2D eigenvalue weighted by atomic mass is 10.1. The summed E-state index contributed by atoms with van der Waals surface area (Å²) >= 11 is 0. The Morgan fingerprint density at radius 1 is 0.925 bits per heavy atom. The summed E-state index contributed by atoms with van der Waals surface area (Å²) in [4.78, 5) is 25.3. The van der Waals surface area contributed by atoms with E-state index in [1.807, 2.05) is 63.2 Å². The van der Waals surface area contributed by atoms with Crippen molar-refractivity contribution in [1.29, 1.82) is 0 Å². The lowest BCUT2D eigenvalue weighted by molar-refractivity contribution is 0.0588. The van der Waals surface area contributed by atoms with Crippen LogP contribution in [0.15, 0.2) is 85.2 Å². The summed E-state index contributed by atoms with van der Waals surface area (Å²) < 4.78 is 11.0. The van der Waals surface area contributed by atoms with Gasteiger partial charge < -0.3 is 25.4 Å². The Hall–Kier alpha value is -4.79. The van der Waals surface area contributed by atoms with Crippen LogP contribution in [0.3, 0.4) is 0 Å². The van der Waals surface area contributed by atoms with Crippen molar-refractivity contribution in [3.05, 3.63) is 96.3 Å². The number of nitrogens with zero attached hydrogens (tertiary/aromatic N) is 4. The molecule has 9 heteroatoms. The van der Waals surface area contributed by atoms with E-state index in [4.69, 9.17) is 15.2 Å². The minimum absolute atomic E-state index is 0.409. The highest BCUT2D eigenvalue weighted by atomic mass is 16.6. The second-order valence-corrected chi connectivity index (χ2v) is 10.3. The smallest absolute Gasteiger partial charge is 0.414 e. The molecule has 3 aromatic carbocycles. The molecule has 3 N–H and O–H groups in total. The van der Waals surface area contributed by atoms with Crippen LogP contribution in [0.1, 0.15) is 31.9 Å². The van der Waals surface area contributed by atoms with Crippen LogP contribution >= 0.6 is 0 Å². The van der Waals surface area contributed by atoms with Gasteiger partial charge in [0.25, 0.3) is 0 Å². The first-order valence-corrected chi connectivity index (χ1v) is 13.0. The first-order chi connectivity index (χ1) is 19.1. The standard InChI is InChI=1S/C31H36N6O3/c1-31(2,3)40-30(38)36(4)25-18-24(16-17-26(25)39-5)35-28-27(32)29(34-21-33-28)37(19-22-12-8-6-9-13-22)20-23-14-10-7-11-15-23/h6-18,21H,19-20,32H2,1-5H3,(H,33,34,35). The van der Waals surface area contributed by atoms with Crippen molar-refractivity contribution in [2.24, 2.45) is 0 Å². The molecule has 4 rings (SSSR count). The van der Waals surface area contributed by atoms with Crippen LogP contribution in [0, 0.1) is 0 Å². The minimum Gasteiger partial charge on any atom is -0.495 e. The molecule has 0 fully saturated rings. The van der Waals surface area contributed by atoms with Gasteiger partial charge in [0.1, 0.15) is 23.4 Å². The molecule has 208 valence electrons. The Balaban J connectivity index is 1.64. The minimum atomic E-state index is -0.633. The maximum Gasteiger partial charge on any atom is 0.414 e. The Bertz CT molecular complexity index is 1380. The number of nitrogens with two attached hydrogens (primary N) is 1. The summed E-state index contributed by atoms with van der Waals surface area (Å²) in [6.45, 7) is 6.69. The van der Waals surface area contributed by atoms with Crippen molar-refractivity contribution in [3.8, 4) is 5.75 Å². The Labute approximate surface area is 235 Å². The predicted octanol–water partition coefficient (Wildman–Crippen LogP) is 6.39. The van der Waals surface area contributed by atoms with Crippen molar-refractivity contribution in [1.82, 2.24) is 9.97 Å². The van der Waals surface area contributed by atoms with Crippen LogP contribution in [0.2, 0.25) is 0 Å². The van der Waals surface area contributed by atoms with Gasteiger partial charge in [-0.1, -0.05) is 60.7 Å². The molecule has 0 bridgehead atoms. The topological polar surface area (TPSA) is 106 Å². The maximum atomic E-state index is 12.8. The molecular weight excluding hydrogens is 504 g/mol. The number of methoxy groups -OCH3 is 1. The molecule has 4 aromatic rings. The van der Waals surface area contributed by atoms with Crippen LogP contribution in [-0.4, -0.2) is 35.8 Å². The number of benzene rings is 3. The van der Waals surface area contributed by atoms with Crippen LogP contribution < -0.4 is 25.6 Å². The second-order valence-electron chi connectivity index (χ2n) is 10.3. The molecule has 40 heavy (non-hydrogen) atoms. The molecule has 0 aliphatic carbocycles. The zero-order valence-corrected chi connectivity index (χ0v) is 23.6. The number of amides is 1. The van der Waals surface area contributed by atoms with E-state index in [-0.39, 0.29) is 0 Å². The van der Waals surface area contributed by atoms with Gasteiger partial charge in [-0.3, -0.25) is 4.90 Å². The molecule has 0 aliphatic rings. The van der Waals surface area contributed by atoms with E-state index in [0.717, 1.165) is 11.1 Å². The molecule has 9 nitrogen and oxygen atoms in total. The third-order valence-corrected chi connectivity index (χ3v) is 6.07. The third kappa shape index (κ3) is 7.19. The molecule has 0 radical (unpaired) electrons. The van der Waals surface area contributed by atoms with E-state index in [1.165, 1.54) is 11.2 Å². The van der Waals surface area contributed by atoms with Gasteiger partial charge in [-0.15, -0.1) is 0 Å². The van der Waals surface area contributed by atoms with Gasteiger partial charge in [0.2, 0.25) is 0 Å². The number of anilines is 5. The SMILES string of the molecule is COc1ccc(Nc2ncnc(N(Cc3ccccc3)Cc3ccccc3)c2N)cc1N(C)C(=O)OC(C)(C)C. The van der Waals surface area contributed by atoms with E-state index < -0.39 is 11.7 Å². The summed E-state index contributed by atoms with van der Waals surface area (Å²) in [5.74, 6) is 1.59. The summed E-state index contributed by atoms with van der Waals surface area (Å²) in [5, 5.41) is 3.29. The lowest BCUT2D eigenvalue weighted by Gasteiger charge is -2.27. The molecule has 0 saturated heterocycles. The average Bonchev–Trinajstić information content (AvgIpc) is 2.93. The van der Waals surface area contributed by atoms with Crippen molar-refractivity contribution >= 4 is 34.8 Å². The summed E-state index contributed by atoms with van der Waals surface area (Å²) in [6, 6.07) is 25.8. The first-order valence-electron chi connectivity index (χ1n) is 13.0. The van der Waals surface area contributed by atoms with Crippen molar-refractivity contribution < 1.29 is 14.3 Å². The largest absolute Gasteiger partial charge is 0.495 e. The van der Waals surface area contributed by atoms with Crippen LogP contribution in [-0.2, 0) is 17.8 Å². The number of hydrogen-bond donors (Lipinski definition) is 2. The van der Waals surface area contributed by atoms with Crippen molar-refractivity contribution in [2.45, 2.75) is 39.5 Å². The van der Waals surface area contributed by atoms with Crippen LogP contribution in [0.5, 0.6) is 5.75 Å². The highest BCUT2D eigenvalue weighted by Gasteiger charge is 2.23. The fourth-order valence-corrected chi connectivity index (χ4v) is 4.15. The molecule has 0 unspecified atom stereocenters. The quantitative estimate of drug-likeness (QED) is 0.252. The number of hydrogen-bond acceptors (Lipinski definition) is 8.